The zero-order valence-electron chi connectivity index (χ0n) is 11.0. The van der Waals surface area contributed by atoms with Crippen LogP contribution in [0.2, 0.25) is 0 Å². The molecule has 0 N–H and O–H groups in total. The van der Waals surface area contributed by atoms with Gasteiger partial charge in [-0.25, -0.2) is 13.8 Å². The molecule has 1 fully saturated rings. The van der Waals surface area contributed by atoms with Crippen molar-refractivity contribution in [2.24, 2.45) is 5.92 Å². The summed E-state index contributed by atoms with van der Waals surface area (Å²) in [6.07, 6.45) is 5.00. The third-order valence-electron chi connectivity index (χ3n) is 3.82. The van der Waals surface area contributed by atoms with Crippen LogP contribution in [0.15, 0.2) is 46.1 Å². The lowest BCUT2D eigenvalue weighted by molar-refractivity contribution is 0.271. The fraction of sp³-hybridized carbons (Fsp3) is 0.333. The Kier molecular flexibility index (Phi) is 3.26. The molecule has 4 nitrogen and oxygen atoms in total. The number of nitrogens with zero attached hydrogens (tertiary/aromatic N) is 2. The Bertz CT molecular complexity index is 727. The molecule has 1 aromatic heterocycles. The van der Waals surface area contributed by atoms with Crippen molar-refractivity contribution in [2.45, 2.75) is 25.8 Å². The van der Waals surface area contributed by atoms with Crippen LogP contribution in [0.25, 0.3) is 5.69 Å². The lowest BCUT2D eigenvalue weighted by Gasteiger charge is -2.26. The fourth-order valence-corrected chi connectivity index (χ4v) is 2.44. The zero-order chi connectivity index (χ0) is 14.1. The van der Waals surface area contributed by atoms with Crippen LogP contribution in [-0.2, 0) is 6.54 Å². The van der Waals surface area contributed by atoms with Crippen molar-refractivity contribution in [3.05, 3.63) is 63.2 Å². The Balaban J connectivity index is 2.05. The largest absolute Gasteiger partial charge is 0.335 e. The molecule has 104 valence electrons. The highest BCUT2D eigenvalue weighted by atomic mass is 19.1. The van der Waals surface area contributed by atoms with Crippen molar-refractivity contribution in [1.82, 2.24) is 9.13 Å². The molecule has 0 unspecified atom stereocenters. The Labute approximate surface area is 115 Å². The Morgan fingerprint density at radius 2 is 1.80 bits per heavy atom. The van der Waals surface area contributed by atoms with Gasteiger partial charge in [-0.05, 0) is 43.0 Å². The summed E-state index contributed by atoms with van der Waals surface area (Å²) >= 11 is 0. The van der Waals surface area contributed by atoms with E-state index in [1.165, 1.54) is 36.8 Å². The van der Waals surface area contributed by atoms with Gasteiger partial charge in [0.15, 0.2) is 0 Å². The summed E-state index contributed by atoms with van der Waals surface area (Å²) in [7, 11) is 0. The fourth-order valence-electron chi connectivity index (χ4n) is 2.44. The van der Waals surface area contributed by atoms with E-state index in [0.717, 1.165) is 17.4 Å². The number of aromatic nitrogens is 2. The number of rotatable bonds is 3. The number of hydrogen-bond acceptors (Lipinski definition) is 2. The van der Waals surface area contributed by atoms with Crippen LogP contribution < -0.4 is 11.2 Å². The molecule has 1 aliphatic rings. The smallest absolute Gasteiger partial charge is 0.300 e. The summed E-state index contributed by atoms with van der Waals surface area (Å²) in [5.74, 6) is 0.124. The molecule has 0 spiro atoms. The van der Waals surface area contributed by atoms with E-state index in [9.17, 15) is 14.0 Å². The molecular weight excluding hydrogens is 259 g/mol. The Morgan fingerprint density at radius 1 is 1.10 bits per heavy atom. The highest BCUT2D eigenvalue weighted by Crippen LogP contribution is 2.27. The maximum absolute atomic E-state index is 12.9. The molecule has 20 heavy (non-hydrogen) atoms. The molecule has 1 heterocycles. The first-order valence-electron chi connectivity index (χ1n) is 6.73. The molecule has 5 heteroatoms. The van der Waals surface area contributed by atoms with Crippen LogP contribution in [0.4, 0.5) is 4.39 Å². The summed E-state index contributed by atoms with van der Waals surface area (Å²) in [6, 6.07) is 6.73. The minimum absolute atomic E-state index is 0.365. The highest BCUT2D eigenvalue weighted by Gasteiger charge is 2.19. The molecule has 0 radical (unpaired) electrons. The molecule has 0 amide bonds. The molecule has 1 aromatic carbocycles. The van der Waals surface area contributed by atoms with Crippen molar-refractivity contribution in [1.29, 1.82) is 0 Å². The molecule has 1 aliphatic carbocycles. The van der Waals surface area contributed by atoms with E-state index in [-0.39, 0.29) is 5.69 Å². The first-order valence-corrected chi connectivity index (χ1v) is 6.73. The van der Waals surface area contributed by atoms with E-state index < -0.39 is 11.4 Å². The van der Waals surface area contributed by atoms with E-state index in [1.807, 2.05) is 0 Å². The normalized spacial score (nSPS) is 15.1. The second-order valence-corrected chi connectivity index (χ2v) is 5.20. The van der Waals surface area contributed by atoms with E-state index in [2.05, 4.69) is 0 Å². The van der Waals surface area contributed by atoms with Crippen LogP contribution in [-0.4, -0.2) is 9.13 Å². The average Bonchev–Trinajstić information content (AvgIpc) is 2.38. The van der Waals surface area contributed by atoms with Gasteiger partial charge in [0.2, 0.25) is 0 Å². The van der Waals surface area contributed by atoms with Gasteiger partial charge >= 0.3 is 5.69 Å². The first kappa shape index (κ1) is 12.8. The molecule has 2 aromatic rings. The summed E-state index contributed by atoms with van der Waals surface area (Å²) in [5.41, 5.74) is -0.369. The van der Waals surface area contributed by atoms with Gasteiger partial charge in [-0.3, -0.25) is 9.36 Å². The number of benzene rings is 1. The quantitative estimate of drug-likeness (QED) is 0.858. The van der Waals surface area contributed by atoms with E-state index in [0.29, 0.717) is 18.2 Å². The van der Waals surface area contributed by atoms with Gasteiger partial charge in [0.25, 0.3) is 5.56 Å². The van der Waals surface area contributed by atoms with E-state index in [4.69, 9.17) is 0 Å². The standard InChI is InChI=1S/C15H15FN2O2/c16-12-4-6-13(7-5-12)18-14(19)8-9-17(15(18)20)10-11-2-1-3-11/h4-9,11H,1-3,10H2. The molecule has 0 aliphatic heterocycles. The molecule has 3 rings (SSSR count). The Hall–Kier alpha value is -2.17. The maximum Gasteiger partial charge on any atom is 0.335 e. The van der Waals surface area contributed by atoms with Crippen LogP contribution in [0.5, 0.6) is 0 Å². The summed E-state index contributed by atoms with van der Waals surface area (Å²) in [4.78, 5) is 24.3. The third kappa shape index (κ3) is 2.31. The molecule has 0 bridgehead atoms. The number of halogens is 1. The number of hydrogen-bond donors (Lipinski definition) is 0. The molecule has 0 atom stereocenters. The summed E-state index contributed by atoms with van der Waals surface area (Å²) < 4.78 is 15.6. The lowest BCUT2D eigenvalue weighted by Crippen LogP contribution is -2.39. The third-order valence-corrected chi connectivity index (χ3v) is 3.82. The van der Waals surface area contributed by atoms with Crippen molar-refractivity contribution in [3.8, 4) is 5.69 Å². The van der Waals surface area contributed by atoms with Crippen molar-refractivity contribution in [3.63, 3.8) is 0 Å². The van der Waals surface area contributed by atoms with Crippen molar-refractivity contribution >= 4 is 0 Å². The van der Waals surface area contributed by atoms with Crippen LogP contribution >= 0.6 is 0 Å². The van der Waals surface area contributed by atoms with Gasteiger partial charge in [0.1, 0.15) is 5.82 Å². The van der Waals surface area contributed by atoms with Gasteiger partial charge in [-0.1, -0.05) is 6.42 Å². The summed E-state index contributed by atoms with van der Waals surface area (Å²) in [5, 5.41) is 0. The van der Waals surface area contributed by atoms with Gasteiger partial charge in [0, 0.05) is 18.8 Å². The minimum atomic E-state index is -0.397. The highest BCUT2D eigenvalue weighted by molar-refractivity contribution is 5.31. The van der Waals surface area contributed by atoms with Crippen LogP contribution in [0.1, 0.15) is 19.3 Å². The van der Waals surface area contributed by atoms with E-state index in [1.54, 1.807) is 10.8 Å². The zero-order valence-corrected chi connectivity index (χ0v) is 11.0. The topological polar surface area (TPSA) is 44.0 Å². The molecular formula is C15H15FN2O2. The van der Waals surface area contributed by atoms with Crippen molar-refractivity contribution in [2.75, 3.05) is 0 Å². The summed E-state index contributed by atoms with van der Waals surface area (Å²) in [6.45, 7) is 0.639. The predicted octanol–water partition coefficient (Wildman–Crippen LogP) is 1.94. The van der Waals surface area contributed by atoms with Gasteiger partial charge in [-0.2, -0.15) is 0 Å². The monoisotopic (exact) mass is 274 g/mol. The average molecular weight is 274 g/mol. The lowest BCUT2D eigenvalue weighted by atomic mass is 9.85. The first-order chi connectivity index (χ1) is 9.65. The van der Waals surface area contributed by atoms with E-state index >= 15 is 0 Å². The van der Waals surface area contributed by atoms with Gasteiger partial charge < -0.3 is 0 Å². The molecule has 0 saturated heterocycles. The van der Waals surface area contributed by atoms with Crippen LogP contribution in [0.3, 0.4) is 0 Å². The second-order valence-electron chi connectivity index (χ2n) is 5.20. The van der Waals surface area contributed by atoms with Gasteiger partial charge in [0.05, 0.1) is 5.69 Å². The van der Waals surface area contributed by atoms with Crippen LogP contribution in [0, 0.1) is 11.7 Å². The minimum Gasteiger partial charge on any atom is -0.300 e. The maximum atomic E-state index is 12.9. The SMILES string of the molecule is O=c1ccn(CC2CCC2)c(=O)n1-c1ccc(F)cc1. The van der Waals surface area contributed by atoms with Gasteiger partial charge in [-0.15, -0.1) is 0 Å². The Morgan fingerprint density at radius 3 is 2.40 bits per heavy atom. The van der Waals surface area contributed by atoms with Crippen molar-refractivity contribution < 1.29 is 4.39 Å². The predicted molar refractivity (Wildman–Crippen MR) is 73.6 cm³/mol. The second kappa shape index (κ2) is 5.07. The molecule has 1 saturated carbocycles.